The summed E-state index contributed by atoms with van der Waals surface area (Å²) in [6.07, 6.45) is 3.47. The van der Waals surface area contributed by atoms with Crippen LogP contribution in [0.1, 0.15) is 32.3 Å². The van der Waals surface area contributed by atoms with E-state index in [4.69, 9.17) is 10.5 Å². The molecule has 0 bridgehead atoms. The van der Waals surface area contributed by atoms with Gasteiger partial charge in [-0.15, -0.1) is 0 Å². The Morgan fingerprint density at radius 1 is 0.833 bits per heavy atom. The van der Waals surface area contributed by atoms with Crippen LogP contribution in [0.15, 0.2) is 48.6 Å². The summed E-state index contributed by atoms with van der Waals surface area (Å²) in [5, 5.41) is 19.6. The maximum Gasteiger partial charge on any atom is 0.312 e. The molecule has 258 valence electrons. The second-order valence-corrected chi connectivity index (χ2v) is 11.3. The summed E-state index contributed by atoms with van der Waals surface area (Å²) in [5.74, 6) is -4.99. The number of benzene rings is 1. The highest BCUT2D eigenvalue weighted by Gasteiger charge is 2.33. The summed E-state index contributed by atoms with van der Waals surface area (Å²) in [6, 6.07) is 3.43. The first-order valence-electron chi connectivity index (χ1n) is 15.1. The number of ether oxygens (including phenoxy) is 1. The first kappa shape index (κ1) is 37.0. The van der Waals surface area contributed by atoms with E-state index in [1.54, 1.807) is 38.1 Å². The average Bonchev–Trinajstić information content (AvgIpc) is 3.53. The van der Waals surface area contributed by atoms with Gasteiger partial charge in [0.05, 0.1) is 25.8 Å². The highest BCUT2D eigenvalue weighted by Crippen LogP contribution is 2.13. The fraction of sp³-hybridized carbons (Fsp3) is 0.419. The molecule has 0 unspecified atom stereocenters. The van der Waals surface area contributed by atoms with Crippen LogP contribution < -0.4 is 27.0 Å². The number of imide groups is 2. The topological polar surface area (TPSA) is 247 Å². The number of aliphatic hydroxyl groups excluding tert-OH is 1. The van der Waals surface area contributed by atoms with Crippen LogP contribution >= 0.6 is 0 Å². The molecule has 0 aromatic heterocycles. The van der Waals surface area contributed by atoms with Gasteiger partial charge in [-0.05, 0) is 36.5 Å². The molecule has 0 spiro atoms. The van der Waals surface area contributed by atoms with E-state index in [0.29, 0.717) is 11.3 Å². The van der Waals surface area contributed by atoms with Crippen molar-refractivity contribution in [2.75, 3.05) is 31.6 Å². The number of rotatable bonds is 18. The Morgan fingerprint density at radius 2 is 1.38 bits per heavy atom. The lowest BCUT2D eigenvalue weighted by atomic mass is 10.0. The van der Waals surface area contributed by atoms with Crippen molar-refractivity contribution >= 4 is 53.1 Å². The maximum absolute atomic E-state index is 13.4. The Hall–Kier alpha value is -5.42. The van der Waals surface area contributed by atoms with Crippen molar-refractivity contribution in [1.29, 1.82) is 0 Å². The van der Waals surface area contributed by atoms with Gasteiger partial charge in [-0.25, -0.2) is 4.79 Å². The molecule has 0 saturated heterocycles. The van der Waals surface area contributed by atoms with Gasteiger partial charge < -0.3 is 36.8 Å². The summed E-state index contributed by atoms with van der Waals surface area (Å²) in [5.41, 5.74) is 6.15. The Labute approximate surface area is 275 Å². The number of hydrogen-bond acceptors (Lipinski definition) is 10. The van der Waals surface area contributed by atoms with Gasteiger partial charge in [-0.3, -0.25) is 43.4 Å². The standard InChI is InChI=1S/C31H39N7O10/c1-18(2)28(30(46)35-22(4-3-13-33-31(32)47)29(45)34-20-7-5-19(16-39)6-8-20)36-23(40)17-48-21(14-37-24(41)9-10-25(37)42)15-38-26(43)11-12-27(38)44/h5-12,18,21-22,28,39H,3-4,13-17H2,1-2H3,(H,34,45)(H,35,46)(H,36,40)(H3,32,33,47)/t22-,28-/m0/s1. The number of nitrogens with zero attached hydrogens (tertiary/aromatic N) is 2. The minimum Gasteiger partial charge on any atom is -0.392 e. The van der Waals surface area contributed by atoms with Gasteiger partial charge >= 0.3 is 6.03 Å². The molecule has 2 heterocycles. The zero-order valence-electron chi connectivity index (χ0n) is 26.5. The van der Waals surface area contributed by atoms with E-state index in [0.717, 1.165) is 34.1 Å². The molecule has 2 atom stereocenters. The molecule has 7 N–H and O–H groups in total. The third-order valence-corrected chi connectivity index (χ3v) is 7.30. The average molecular weight is 670 g/mol. The lowest BCUT2D eigenvalue weighted by molar-refractivity contribution is -0.143. The van der Waals surface area contributed by atoms with Gasteiger partial charge in [0, 0.05) is 36.5 Å². The number of amides is 9. The van der Waals surface area contributed by atoms with Crippen LogP contribution in [-0.4, -0.2) is 107 Å². The van der Waals surface area contributed by atoms with Crippen LogP contribution in [0.2, 0.25) is 0 Å². The predicted molar refractivity (Wildman–Crippen MR) is 168 cm³/mol. The number of aliphatic hydroxyl groups is 1. The third-order valence-electron chi connectivity index (χ3n) is 7.30. The van der Waals surface area contributed by atoms with E-state index in [1.807, 2.05) is 0 Å². The summed E-state index contributed by atoms with van der Waals surface area (Å²) >= 11 is 0. The molecule has 2 aliphatic rings. The minimum atomic E-state index is -1.14. The van der Waals surface area contributed by atoms with E-state index in [1.165, 1.54) is 0 Å². The van der Waals surface area contributed by atoms with Crippen molar-refractivity contribution in [2.24, 2.45) is 11.7 Å². The van der Waals surface area contributed by atoms with Gasteiger partial charge in [-0.2, -0.15) is 0 Å². The van der Waals surface area contributed by atoms with E-state index in [-0.39, 0.29) is 39.1 Å². The monoisotopic (exact) mass is 669 g/mol. The lowest BCUT2D eigenvalue weighted by Gasteiger charge is -2.27. The molecule has 1 aromatic rings. The Morgan fingerprint density at radius 3 is 1.85 bits per heavy atom. The van der Waals surface area contributed by atoms with Crippen LogP contribution in [0, 0.1) is 5.92 Å². The van der Waals surface area contributed by atoms with Crippen LogP contribution in [-0.2, 0) is 44.9 Å². The highest BCUT2D eigenvalue weighted by molar-refractivity contribution is 6.13. The lowest BCUT2D eigenvalue weighted by Crippen LogP contribution is -2.55. The number of nitrogens with two attached hydrogens (primary N) is 1. The molecule has 9 amide bonds. The van der Waals surface area contributed by atoms with Crippen molar-refractivity contribution in [3.05, 3.63) is 54.1 Å². The van der Waals surface area contributed by atoms with Crippen molar-refractivity contribution in [1.82, 2.24) is 25.8 Å². The zero-order chi connectivity index (χ0) is 35.4. The normalized spacial score (nSPS) is 15.4. The van der Waals surface area contributed by atoms with Crippen LogP contribution in [0.3, 0.4) is 0 Å². The van der Waals surface area contributed by atoms with Gasteiger partial charge in [-0.1, -0.05) is 26.0 Å². The fourth-order valence-corrected chi connectivity index (χ4v) is 4.71. The van der Waals surface area contributed by atoms with Crippen molar-refractivity contribution in [2.45, 2.75) is 51.5 Å². The third kappa shape index (κ3) is 10.8. The second kappa shape index (κ2) is 17.5. The van der Waals surface area contributed by atoms with Gasteiger partial charge in [0.25, 0.3) is 23.6 Å². The molecule has 0 saturated carbocycles. The number of carbonyl (C=O) groups is 8. The van der Waals surface area contributed by atoms with Crippen LogP contribution in [0.5, 0.6) is 0 Å². The second-order valence-electron chi connectivity index (χ2n) is 11.3. The van der Waals surface area contributed by atoms with Gasteiger partial charge in [0.15, 0.2) is 0 Å². The van der Waals surface area contributed by atoms with Crippen molar-refractivity contribution in [3.8, 4) is 0 Å². The highest BCUT2D eigenvalue weighted by atomic mass is 16.5. The Kier molecular flexibility index (Phi) is 13.5. The number of carbonyl (C=O) groups excluding carboxylic acids is 8. The molecular weight excluding hydrogens is 630 g/mol. The summed E-state index contributed by atoms with van der Waals surface area (Å²) in [7, 11) is 0. The predicted octanol–water partition coefficient (Wildman–Crippen LogP) is -1.57. The zero-order valence-corrected chi connectivity index (χ0v) is 26.5. The first-order valence-corrected chi connectivity index (χ1v) is 15.1. The summed E-state index contributed by atoms with van der Waals surface area (Å²) in [6.45, 7) is 1.91. The number of urea groups is 1. The fourth-order valence-electron chi connectivity index (χ4n) is 4.71. The van der Waals surface area contributed by atoms with E-state index in [9.17, 15) is 43.5 Å². The molecule has 1 aromatic carbocycles. The number of hydrogen-bond donors (Lipinski definition) is 6. The van der Waals surface area contributed by atoms with Gasteiger partial charge in [0.2, 0.25) is 17.7 Å². The first-order chi connectivity index (χ1) is 22.8. The summed E-state index contributed by atoms with van der Waals surface area (Å²) in [4.78, 5) is 101. The van der Waals surface area contributed by atoms with Crippen LogP contribution in [0.4, 0.5) is 10.5 Å². The summed E-state index contributed by atoms with van der Waals surface area (Å²) < 4.78 is 5.65. The molecule has 48 heavy (non-hydrogen) atoms. The molecule has 3 rings (SSSR count). The van der Waals surface area contributed by atoms with Crippen molar-refractivity contribution in [3.63, 3.8) is 0 Å². The van der Waals surface area contributed by atoms with E-state index >= 15 is 0 Å². The molecule has 17 heteroatoms. The van der Waals surface area contributed by atoms with Gasteiger partial charge in [0.1, 0.15) is 18.7 Å². The molecular formula is C31H39N7O10. The van der Waals surface area contributed by atoms with Crippen LogP contribution in [0.25, 0.3) is 0 Å². The maximum atomic E-state index is 13.4. The quantitative estimate of drug-likeness (QED) is 0.0774. The van der Waals surface area contributed by atoms with E-state index in [2.05, 4.69) is 21.3 Å². The Balaban J connectivity index is 1.66. The number of nitrogens with one attached hydrogen (secondary N) is 4. The Bertz CT molecular complexity index is 1390. The SMILES string of the molecule is CC(C)[C@H](NC(=O)COC(CN1C(=O)C=CC1=O)CN1C(=O)C=CC1=O)C(=O)N[C@@H](CCCNC(N)=O)C(=O)Nc1ccc(CO)cc1. The van der Waals surface area contributed by atoms with E-state index < -0.39 is 78.1 Å². The molecule has 0 radical (unpaired) electrons. The largest absolute Gasteiger partial charge is 0.392 e. The minimum absolute atomic E-state index is 0.0989. The molecule has 0 aliphatic carbocycles. The van der Waals surface area contributed by atoms with Crippen molar-refractivity contribution < 1.29 is 48.2 Å². The number of primary amides is 1. The number of anilines is 1. The molecule has 2 aliphatic heterocycles. The molecule has 17 nitrogen and oxygen atoms in total. The smallest absolute Gasteiger partial charge is 0.312 e. The molecule has 0 fully saturated rings.